The Morgan fingerprint density at radius 2 is 0.891 bits per heavy atom. The topological polar surface area (TPSA) is 56.7 Å². The molecule has 0 saturated heterocycles. The van der Waals surface area contributed by atoms with Crippen molar-refractivity contribution in [2.45, 2.75) is 0 Å². The van der Waals surface area contributed by atoms with Crippen LogP contribution >= 0.6 is 0 Å². The first-order valence-corrected chi connectivity index (χ1v) is 21.6. The molecule has 0 aliphatic rings. The lowest BCUT2D eigenvalue weighted by Crippen LogP contribution is -2.00. The largest absolute Gasteiger partial charge is 0.456 e. The fourth-order valence-corrected chi connectivity index (χ4v) is 9.70. The normalized spacial score (nSPS) is 11.8. The van der Waals surface area contributed by atoms with Crippen molar-refractivity contribution < 1.29 is 4.42 Å². The first kappa shape index (κ1) is 36.0. The van der Waals surface area contributed by atoms with Crippen LogP contribution in [0.5, 0.6) is 0 Å². The lowest BCUT2D eigenvalue weighted by atomic mass is 9.94. The Kier molecular flexibility index (Phi) is 8.15. The first-order valence-electron chi connectivity index (χ1n) is 21.6. The van der Waals surface area contributed by atoms with Crippen LogP contribution < -0.4 is 0 Å². The summed E-state index contributed by atoms with van der Waals surface area (Å²) in [4.78, 5) is 15.4. The molecule has 0 amide bonds. The van der Waals surface area contributed by atoms with E-state index in [0.717, 1.165) is 66.5 Å². The average Bonchev–Trinajstić information content (AvgIpc) is 3.92. The lowest BCUT2D eigenvalue weighted by molar-refractivity contribution is 0.668. The van der Waals surface area contributed by atoms with Crippen LogP contribution in [0.1, 0.15) is 0 Å². The summed E-state index contributed by atoms with van der Waals surface area (Å²) in [6.07, 6.45) is 0. The number of hydrogen-bond donors (Lipinski definition) is 0. The third kappa shape index (κ3) is 5.75. The summed E-state index contributed by atoms with van der Waals surface area (Å²) in [5, 5.41) is 9.34. The third-order valence-corrected chi connectivity index (χ3v) is 12.6. The molecule has 64 heavy (non-hydrogen) atoms. The summed E-state index contributed by atoms with van der Waals surface area (Å²) in [7, 11) is 0. The molecule has 0 unspecified atom stereocenters. The number of benzene rings is 10. The Morgan fingerprint density at radius 1 is 0.312 bits per heavy atom. The number of rotatable bonds is 6. The molecule has 0 aliphatic carbocycles. The minimum absolute atomic E-state index is 0.586. The Labute approximate surface area is 368 Å². The molecular weight excluding hydrogens is 781 g/mol. The molecule has 0 spiro atoms. The highest BCUT2D eigenvalue weighted by Crippen LogP contribution is 2.45. The number of aromatic nitrogens is 4. The van der Waals surface area contributed by atoms with E-state index in [2.05, 4.69) is 174 Å². The van der Waals surface area contributed by atoms with Crippen molar-refractivity contribution in [1.82, 2.24) is 19.5 Å². The Morgan fingerprint density at radius 3 is 1.64 bits per heavy atom. The zero-order chi connectivity index (χ0) is 42.1. The zero-order valence-corrected chi connectivity index (χ0v) is 34.5. The molecule has 0 bridgehead atoms. The number of furan rings is 1. The Bertz CT molecular complexity index is 3930. The van der Waals surface area contributed by atoms with E-state index in [9.17, 15) is 0 Å². The van der Waals surface area contributed by atoms with Gasteiger partial charge >= 0.3 is 0 Å². The van der Waals surface area contributed by atoms with E-state index in [4.69, 9.17) is 19.4 Å². The van der Waals surface area contributed by atoms with Crippen molar-refractivity contribution in [3.63, 3.8) is 0 Å². The first-order chi connectivity index (χ1) is 31.7. The summed E-state index contributed by atoms with van der Waals surface area (Å²) in [6, 6.07) is 76.8. The van der Waals surface area contributed by atoms with Crippen molar-refractivity contribution in [2.24, 2.45) is 0 Å². The number of fused-ring (bicyclic) bond motifs is 10. The summed E-state index contributed by atoms with van der Waals surface area (Å²) in [5.74, 6) is 1.81. The summed E-state index contributed by atoms with van der Waals surface area (Å²) < 4.78 is 9.23. The molecule has 13 rings (SSSR count). The summed E-state index contributed by atoms with van der Waals surface area (Å²) in [5.41, 5.74) is 12.3. The van der Waals surface area contributed by atoms with Gasteiger partial charge in [-0.25, -0.2) is 15.0 Å². The van der Waals surface area contributed by atoms with Gasteiger partial charge in [-0.05, 0) is 74.1 Å². The van der Waals surface area contributed by atoms with Crippen LogP contribution in [0.3, 0.4) is 0 Å². The molecule has 0 atom stereocenters. The van der Waals surface area contributed by atoms with E-state index in [0.29, 0.717) is 17.5 Å². The monoisotopic (exact) mass is 816 g/mol. The molecule has 0 N–H and O–H groups in total. The minimum atomic E-state index is 0.586. The van der Waals surface area contributed by atoms with E-state index >= 15 is 0 Å². The van der Waals surface area contributed by atoms with Gasteiger partial charge in [-0.15, -0.1) is 0 Å². The van der Waals surface area contributed by atoms with Gasteiger partial charge in [0.25, 0.3) is 0 Å². The van der Waals surface area contributed by atoms with E-state index in [1.165, 1.54) is 43.4 Å². The van der Waals surface area contributed by atoms with Crippen LogP contribution in [-0.4, -0.2) is 19.5 Å². The van der Waals surface area contributed by atoms with Crippen molar-refractivity contribution in [1.29, 1.82) is 0 Å². The second-order valence-corrected chi connectivity index (χ2v) is 16.3. The van der Waals surface area contributed by atoms with Gasteiger partial charge in [0.05, 0.1) is 11.0 Å². The maximum Gasteiger partial charge on any atom is 0.164 e. The van der Waals surface area contributed by atoms with Gasteiger partial charge in [0.15, 0.2) is 17.5 Å². The van der Waals surface area contributed by atoms with Gasteiger partial charge < -0.3 is 8.98 Å². The van der Waals surface area contributed by atoms with Gasteiger partial charge in [-0.1, -0.05) is 182 Å². The molecule has 5 heteroatoms. The molecule has 3 aromatic heterocycles. The van der Waals surface area contributed by atoms with E-state index in [1.54, 1.807) is 0 Å². The van der Waals surface area contributed by atoms with Crippen LogP contribution in [0.4, 0.5) is 0 Å². The smallest absolute Gasteiger partial charge is 0.164 e. The van der Waals surface area contributed by atoms with Crippen LogP contribution in [0, 0.1) is 0 Å². The SMILES string of the molecule is c1ccc(-c2ccc(-c3nc(-c4ccccc4)nc(-c4cccc5oc6cc(-n7c8ccc9ccccc9c8c8c9ccccc9c(-c9ccccc9)cc87)ccc6c45)n3)cc2)cc1. The van der Waals surface area contributed by atoms with Gasteiger partial charge in [0.1, 0.15) is 11.2 Å². The molecule has 0 fully saturated rings. The van der Waals surface area contributed by atoms with Crippen LogP contribution in [-0.2, 0) is 0 Å². The molecular formula is C59H36N4O. The molecule has 13 aromatic rings. The van der Waals surface area contributed by atoms with E-state index in [-0.39, 0.29) is 0 Å². The van der Waals surface area contributed by atoms with Gasteiger partial charge in [0.2, 0.25) is 0 Å². The van der Waals surface area contributed by atoms with Crippen LogP contribution in [0.2, 0.25) is 0 Å². The average molecular weight is 817 g/mol. The number of nitrogens with zero attached hydrogens (tertiary/aromatic N) is 4. The molecule has 298 valence electrons. The third-order valence-electron chi connectivity index (χ3n) is 12.6. The van der Waals surface area contributed by atoms with Crippen molar-refractivity contribution in [3.05, 3.63) is 218 Å². The zero-order valence-electron chi connectivity index (χ0n) is 34.5. The molecule has 5 nitrogen and oxygen atoms in total. The van der Waals surface area contributed by atoms with Gasteiger partial charge in [-0.2, -0.15) is 0 Å². The van der Waals surface area contributed by atoms with Crippen LogP contribution in [0.25, 0.3) is 127 Å². The van der Waals surface area contributed by atoms with E-state index in [1.807, 2.05) is 48.5 Å². The molecule has 0 aliphatic heterocycles. The second-order valence-electron chi connectivity index (χ2n) is 16.3. The van der Waals surface area contributed by atoms with Crippen molar-refractivity contribution >= 4 is 65.3 Å². The van der Waals surface area contributed by atoms with Gasteiger partial charge in [-0.3, -0.25) is 0 Å². The molecule has 10 aromatic carbocycles. The lowest BCUT2D eigenvalue weighted by Gasteiger charge is -2.12. The molecule has 0 saturated carbocycles. The maximum absolute atomic E-state index is 6.81. The van der Waals surface area contributed by atoms with Gasteiger partial charge in [0, 0.05) is 50.0 Å². The summed E-state index contributed by atoms with van der Waals surface area (Å²) in [6.45, 7) is 0. The highest BCUT2D eigenvalue weighted by Gasteiger charge is 2.22. The highest BCUT2D eigenvalue weighted by atomic mass is 16.3. The Balaban J connectivity index is 1.02. The van der Waals surface area contributed by atoms with E-state index < -0.39 is 0 Å². The van der Waals surface area contributed by atoms with Crippen molar-refractivity contribution in [2.75, 3.05) is 0 Å². The predicted octanol–water partition coefficient (Wildman–Crippen LogP) is 15.5. The van der Waals surface area contributed by atoms with Crippen LogP contribution in [0.15, 0.2) is 223 Å². The molecule has 0 radical (unpaired) electrons. The second kappa shape index (κ2) is 14.5. The fraction of sp³-hybridized carbons (Fsp3) is 0. The standard InChI is InChI=1S/C59H36N4O/c1-4-15-37(16-5-1)38-27-29-42(30-28-38)58-60-57(41-20-8-3-9-21-41)61-59(62-58)48-25-14-26-52-54(48)47-33-32-43(35-53(47)64-52)63-50-34-31-40-19-10-11-22-44(40)55(50)56-46-24-13-12-23-45(46)49(36-51(56)63)39-17-6-2-7-18-39/h1-36H. The minimum Gasteiger partial charge on any atom is -0.456 e. The van der Waals surface area contributed by atoms with Crippen molar-refractivity contribution in [3.8, 4) is 62.1 Å². The highest BCUT2D eigenvalue weighted by molar-refractivity contribution is 6.30. The number of hydrogen-bond acceptors (Lipinski definition) is 4. The Hall–Kier alpha value is -8.67. The fourth-order valence-electron chi connectivity index (χ4n) is 9.70. The maximum atomic E-state index is 6.81. The quantitative estimate of drug-likeness (QED) is 0.168. The molecule has 3 heterocycles. The predicted molar refractivity (Wildman–Crippen MR) is 264 cm³/mol. The summed E-state index contributed by atoms with van der Waals surface area (Å²) >= 11 is 0.